The van der Waals surface area contributed by atoms with Crippen molar-refractivity contribution in [3.05, 3.63) is 52.3 Å². The molecule has 0 aliphatic heterocycles. The molecule has 0 heterocycles. The van der Waals surface area contributed by atoms with E-state index in [1.807, 2.05) is 0 Å². The van der Waals surface area contributed by atoms with Crippen molar-refractivity contribution in [3.8, 4) is 0 Å². The van der Waals surface area contributed by atoms with Crippen molar-refractivity contribution in [2.45, 2.75) is 9.79 Å². The molecule has 0 saturated heterocycles. The van der Waals surface area contributed by atoms with E-state index in [9.17, 15) is 4.39 Å². The van der Waals surface area contributed by atoms with Gasteiger partial charge in [-0.2, -0.15) is 0 Å². The summed E-state index contributed by atoms with van der Waals surface area (Å²) in [6.45, 7) is 0. The van der Waals surface area contributed by atoms with Gasteiger partial charge in [-0.15, -0.1) is 0 Å². The van der Waals surface area contributed by atoms with E-state index in [2.05, 4.69) is 0 Å². The smallest absolute Gasteiger partial charge is 0.139 e. The molecule has 0 unspecified atom stereocenters. The van der Waals surface area contributed by atoms with E-state index in [1.54, 1.807) is 30.3 Å². The van der Waals surface area contributed by atoms with Gasteiger partial charge < -0.3 is 5.73 Å². The van der Waals surface area contributed by atoms with E-state index in [0.29, 0.717) is 20.6 Å². The number of hydrogen-bond acceptors (Lipinski definition) is 2. The predicted molar refractivity (Wildman–Crippen MR) is 71.4 cm³/mol. The highest BCUT2D eigenvalue weighted by Gasteiger charge is 2.09. The van der Waals surface area contributed by atoms with Crippen LogP contribution in [0, 0.1) is 5.82 Å². The molecular formula is C12H8Cl2FNS. The second-order valence-electron chi connectivity index (χ2n) is 3.34. The molecule has 0 spiro atoms. The molecule has 0 fully saturated rings. The Hall–Kier alpha value is -0.900. The van der Waals surface area contributed by atoms with Gasteiger partial charge in [0.25, 0.3) is 0 Å². The Labute approximate surface area is 113 Å². The van der Waals surface area contributed by atoms with Crippen molar-refractivity contribution >= 4 is 40.7 Å². The van der Waals surface area contributed by atoms with E-state index >= 15 is 0 Å². The summed E-state index contributed by atoms with van der Waals surface area (Å²) in [5.41, 5.74) is 6.12. The average Bonchev–Trinajstić information content (AvgIpc) is 2.28. The zero-order valence-corrected chi connectivity index (χ0v) is 10.9. The lowest BCUT2D eigenvalue weighted by Gasteiger charge is -2.07. The second-order valence-corrected chi connectivity index (χ2v) is 5.23. The molecule has 5 heteroatoms. The molecule has 88 valence electrons. The molecule has 17 heavy (non-hydrogen) atoms. The topological polar surface area (TPSA) is 26.0 Å². The molecule has 2 N–H and O–H groups in total. The van der Waals surface area contributed by atoms with Crippen LogP contribution in [0.5, 0.6) is 0 Å². The van der Waals surface area contributed by atoms with Gasteiger partial charge in [0, 0.05) is 10.6 Å². The van der Waals surface area contributed by atoms with Crippen molar-refractivity contribution in [2.75, 3.05) is 5.73 Å². The number of anilines is 1. The summed E-state index contributed by atoms with van der Waals surface area (Å²) in [5, 5.41) is 0.907. The highest BCUT2D eigenvalue weighted by atomic mass is 35.5. The summed E-state index contributed by atoms with van der Waals surface area (Å²) >= 11 is 12.9. The van der Waals surface area contributed by atoms with Gasteiger partial charge in [-0.25, -0.2) is 4.39 Å². The zero-order valence-electron chi connectivity index (χ0n) is 8.58. The molecule has 2 aromatic carbocycles. The van der Waals surface area contributed by atoms with Crippen LogP contribution < -0.4 is 5.73 Å². The molecule has 0 aliphatic rings. The van der Waals surface area contributed by atoms with Gasteiger partial charge in [0.15, 0.2) is 0 Å². The molecule has 0 amide bonds. The lowest BCUT2D eigenvalue weighted by molar-refractivity contribution is 0.603. The molecule has 0 bridgehead atoms. The lowest BCUT2D eigenvalue weighted by Crippen LogP contribution is -1.91. The van der Waals surface area contributed by atoms with Gasteiger partial charge in [-0.3, -0.25) is 0 Å². The van der Waals surface area contributed by atoms with Crippen LogP contribution in [0.15, 0.2) is 46.2 Å². The van der Waals surface area contributed by atoms with Crippen LogP contribution in [-0.4, -0.2) is 0 Å². The number of rotatable bonds is 2. The van der Waals surface area contributed by atoms with Crippen LogP contribution >= 0.6 is 35.0 Å². The fraction of sp³-hybridized carbons (Fsp3) is 0. The summed E-state index contributed by atoms with van der Waals surface area (Å²) < 4.78 is 13.6. The minimum Gasteiger partial charge on any atom is -0.398 e. The Morgan fingerprint density at radius 2 is 1.82 bits per heavy atom. The first-order chi connectivity index (χ1) is 8.08. The largest absolute Gasteiger partial charge is 0.398 e. The van der Waals surface area contributed by atoms with Crippen LogP contribution in [0.1, 0.15) is 0 Å². The summed E-state index contributed by atoms with van der Waals surface area (Å²) in [7, 11) is 0. The Morgan fingerprint density at radius 3 is 2.47 bits per heavy atom. The number of nitrogen functional groups attached to an aromatic ring is 1. The molecule has 1 nitrogen and oxygen atoms in total. The van der Waals surface area contributed by atoms with Crippen LogP contribution in [0.25, 0.3) is 0 Å². The molecule has 0 saturated carbocycles. The van der Waals surface area contributed by atoms with E-state index in [4.69, 9.17) is 28.9 Å². The number of halogens is 3. The second kappa shape index (κ2) is 5.17. The highest BCUT2D eigenvalue weighted by Crippen LogP contribution is 2.36. The fourth-order valence-corrected chi connectivity index (χ4v) is 2.55. The third-order valence-electron chi connectivity index (χ3n) is 2.11. The Morgan fingerprint density at radius 1 is 1.06 bits per heavy atom. The minimum atomic E-state index is -0.346. The monoisotopic (exact) mass is 287 g/mol. The maximum absolute atomic E-state index is 13.6. The first-order valence-corrected chi connectivity index (χ1v) is 6.32. The molecule has 0 aromatic heterocycles. The Bertz CT molecular complexity index is 540. The standard InChI is InChI=1S/C12H8Cl2FNS/c13-8-5-4-7(6-9(8)14)17-12-10(15)2-1-3-11(12)16/h1-6H,16H2. The summed E-state index contributed by atoms with van der Waals surface area (Å²) in [5.74, 6) is -0.346. The molecule has 0 radical (unpaired) electrons. The SMILES string of the molecule is Nc1cccc(F)c1Sc1ccc(Cl)c(Cl)c1. The van der Waals surface area contributed by atoms with Crippen LogP contribution in [0.2, 0.25) is 10.0 Å². The van der Waals surface area contributed by atoms with E-state index < -0.39 is 0 Å². The molecular weight excluding hydrogens is 280 g/mol. The van der Waals surface area contributed by atoms with Crippen molar-refractivity contribution in [3.63, 3.8) is 0 Å². The van der Waals surface area contributed by atoms with E-state index in [1.165, 1.54) is 17.8 Å². The summed E-state index contributed by atoms with van der Waals surface area (Å²) in [4.78, 5) is 1.18. The quantitative estimate of drug-likeness (QED) is 0.798. The third-order valence-corrected chi connectivity index (χ3v) is 3.97. The minimum absolute atomic E-state index is 0.346. The maximum atomic E-state index is 13.6. The van der Waals surface area contributed by atoms with Crippen molar-refractivity contribution in [2.24, 2.45) is 0 Å². The van der Waals surface area contributed by atoms with E-state index in [-0.39, 0.29) is 5.82 Å². The highest BCUT2D eigenvalue weighted by molar-refractivity contribution is 7.99. The summed E-state index contributed by atoms with van der Waals surface area (Å²) in [6.07, 6.45) is 0. The van der Waals surface area contributed by atoms with Gasteiger partial charge in [0.1, 0.15) is 5.82 Å². The fourth-order valence-electron chi connectivity index (χ4n) is 1.29. The third kappa shape index (κ3) is 2.86. The Balaban J connectivity index is 2.35. The Kier molecular flexibility index (Phi) is 3.82. The van der Waals surface area contributed by atoms with Gasteiger partial charge >= 0.3 is 0 Å². The van der Waals surface area contributed by atoms with Crippen molar-refractivity contribution in [1.29, 1.82) is 0 Å². The molecule has 2 aromatic rings. The van der Waals surface area contributed by atoms with Gasteiger partial charge in [-0.05, 0) is 30.3 Å². The van der Waals surface area contributed by atoms with Crippen LogP contribution in [0.3, 0.4) is 0 Å². The van der Waals surface area contributed by atoms with E-state index in [0.717, 1.165) is 4.90 Å². The first-order valence-electron chi connectivity index (χ1n) is 4.75. The maximum Gasteiger partial charge on any atom is 0.139 e. The molecule has 0 aliphatic carbocycles. The molecule has 0 atom stereocenters. The zero-order chi connectivity index (χ0) is 12.4. The predicted octanol–water partition coefficient (Wildman–Crippen LogP) is 4.87. The number of benzene rings is 2. The first kappa shape index (κ1) is 12.6. The van der Waals surface area contributed by atoms with Gasteiger partial charge in [0.05, 0.1) is 14.9 Å². The number of hydrogen-bond donors (Lipinski definition) is 1. The van der Waals surface area contributed by atoms with Crippen LogP contribution in [-0.2, 0) is 0 Å². The lowest BCUT2D eigenvalue weighted by atomic mass is 10.3. The normalized spacial score (nSPS) is 10.5. The van der Waals surface area contributed by atoms with Crippen molar-refractivity contribution in [1.82, 2.24) is 0 Å². The van der Waals surface area contributed by atoms with Crippen LogP contribution in [0.4, 0.5) is 10.1 Å². The summed E-state index contributed by atoms with van der Waals surface area (Å²) in [6, 6.07) is 9.72. The van der Waals surface area contributed by atoms with Gasteiger partial charge in [-0.1, -0.05) is 41.0 Å². The van der Waals surface area contributed by atoms with Crippen molar-refractivity contribution < 1.29 is 4.39 Å². The van der Waals surface area contributed by atoms with Gasteiger partial charge in [0.2, 0.25) is 0 Å². The average molecular weight is 288 g/mol. The number of nitrogens with two attached hydrogens (primary N) is 1. The molecule has 2 rings (SSSR count).